The number of hydrogen-bond acceptors (Lipinski definition) is 4. The number of rotatable bonds is 5. The molecule has 0 radical (unpaired) electrons. The van der Waals surface area contributed by atoms with Gasteiger partial charge in [-0.05, 0) is 45.0 Å². The van der Waals surface area contributed by atoms with Crippen molar-refractivity contribution < 1.29 is 4.79 Å². The van der Waals surface area contributed by atoms with Gasteiger partial charge in [0.2, 0.25) is 5.91 Å². The highest BCUT2D eigenvalue weighted by molar-refractivity contribution is 7.99. The van der Waals surface area contributed by atoms with Crippen LogP contribution in [0.2, 0.25) is 0 Å². The molecule has 110 valence electrons. The van der Waals surface area contributed by atoms with E-state index in [0.717, 1.165) is 23.9 Å². The normalized spacial score (nSPS) is 18.3. The molecule has 1 aliphatic rings. The van der Waals surface area contributed by atoms with E-state index in [2.05, 4.69) is 48.4 Å². The van der Waals surface area contributed by atoms with Crippen LogP contribution >= 0.6 is 11.8 Å². The predicted octanol–water partition coefficient (Wildman–Crippen LogP) is 2.52. The summed E-state index contributed by atoms with van der Waals surface area (Å²) in [6.07, 6.45) is 0. The minimum absolute atomic E-state index is 0.0546. The van der Waals surface area contributed by atoms with E-state index in [4.69, 9.17) is 0 Å². The minimum Gasteiger partial charge on any atom is -0.369 e. The van der Waals surface area contributed by atoms with Gasteiger partial charge in [0, 0.05) is 35.6 Å². The Labute approximate surface area is 125 Å². The van der Waals surface area contributed by atoms with Crippen molar-refractivity contribution in [3.8, 4) is 0 Å². The Balaban J connectivity index is 1.99. The quantitative estimate of drug-likeness (QED) is 0.875. The molecule has 2 rings (SSSR count). The van der Waals surface area contributed by atoms with E-state index in [1.807, 2.05) is 12.1 Å². The Morgan fingerprint density at radius 1 is 1.45 bits per heavy atom. The van der Waals surface area contributed by atoms with Crippen LogP contribution in [-0.4, -0.2) is 36.2 Å². The summed E-state index contributed by atoms with van der Waals surface area (Å²) in [6.45, 7) is 7.50. The number of nitrogens with zero attached hydrogens (tertiary/aromatic N) is 1. The first kappa shape index (κ1) is 15.2. The van der Waals surface area contributed by atoms with E-state index < -0.39 is 0 Å². The Morgan fingerprint density at radius 2 is 2.15 bits per heavy atom. The molecule has 1 atom stereocenters. The van der Waals surface area contributed by atoms with Crippen molar-refractivity contribution in [3.05, 3.63) is 24.3 Å². The molecule has 1 unspecified atom stereocenters. The van der Waals surface area contributed by atoms with Crippen LogP contribution in [0, 0.1) is 0 Å². The van der Waals surface area contributed by atoms with E-state index in [1.165, 1.54) is 5.69 Å². The smallest absolute Gasteiger partial charge is 0.242 e. The molecule has 1 aromatic rings. The van der Waals surface area contributed by atoms with E-state index in [1.54, 1.807) is 11.8 Å². The maximum atomic E-state index is 12.0. The van der Waals surface area contributed by atoms with Crippen molar-refractivity contribution >= 4 is 29.0 Å². The maximum Gasteiger partial charge on any atom is 0.242 e. The number of thioether (sulfide) groups is 1. The van der Waals surface area contributed by atoms with Crippen LogP contribution < -0.4 is 15.5 Å². The molecule has 1 saturated heterocycles. The predicted molar refractivity (Wildman–Crippen MR) is 87.5 cm³/mol. The van der Waals surface area contributed by atoms with Crippen molar-refractivity contribution in [2.45, 2.75) is 32.9 Å². The van der Waals surface area contributed by atoms with Crippen molar-refractivity contribution in [1.29, 1.82) is 0 Å². The fraction of sp³-hybridized carbons (Fsp3) is 0.533. The number of hydrogen-bond donors (Lipinski definition) is 2. The zero-order valence-corrected chi connectivity index (χ0v) is 13.2. The first-order chi connectivity index (χ1) is 9.61. The summed E-state index contributed by atoms with van der Waals surface area (Å²) in [5.74, 6) is 1.76. The third-order valence-corrected chi connectivity index (χ3v) is 4.40. The topological polar surface area (TPSA) is 44.4 Å². The summed E-state index contributed by atoms with van der Waals surface area (Å²) in [5.41, 5.74) is 2.05. The molecule has 1 fully saturated rings. The largest absolute Gasteiger partial charge is 0.369 e. The van der Waals surface area contributed by atoms with Gasteiger partial charge in [0.15, 0.2) is 0 Å². The van der Waals surface area contributed by atoms with E-state index >= 15 is 0 Å². The Kier molecular flexibility index (Phi) is 5.31. The zero-order valence-electron chi connectivity index (χ0n) is 12.3. The summed E-state index contributed by atoms with van der Waals surface area (Å²) in [7, 11) is 0. The van der Waals surface area contributed by atoms with Gasteiger partial charge in [-0.1, -0.05) is 0 Å². The van der Waals surface area contributed by atoms with Gasteiger partial charge in [0.1, 0.15) is 0 Å². The van der Waals surface area contributed by atoms with Crippen LogP contribution in [0.5, 0.6) is 0 Å². The fourth-order valence-electron chi connectivity index (χ4n) is 2.38. The molecule has 0 aromatic heterocycles. The Bertz CT molecular complexity index is 441. The van der Waals surface area contributed by atoms with Gasteiger partial charge in [-0.25, -0.2) is 0 Å². The van der Waals surface area contributed by atoms with Crippen LogP contribution in [0.4, 0.5) is 11.4 Å². The monoisotopic (exact) mass is 293 g/mol. The van der Waals surface area contributed by atoms with Crippen molar-refractivity contribution in [2.75, 3.05) is 28.4 Å². The van der Waals surface area contributed by atoms with Crippen LogP contribution in [0.25, 0.3) is 0 Å². The average molecular weight is 293 g/mol. The highest BCUT2D eigenvalue weighted by atomic mass is 32.2. The fourth-order valence-corrected chi connectivity index (χ4v) is 3.32. The number of nitrogens with one attached hydrogen (secondary N) is 2. The first-order valence-corrected chi connectivity index (χ1v) is 8.26. The molecule has 5 heteroatoms. The lowest BCUT2D eigenvalue weighted by molar-refractivity contribution is -0.117. The van der Waals surface area contributed by atoms with Crippen LogP contribution in [0.3, 0.4) is 0 Å². The number of amides is 1. The lowest BCUT2D eigenvalue weighted by Crippen LogP contribution is -2.37. The van der Waals surface area contributed by atoms with E-state index in [-0.39, 0.29) is 11.9 Å². The van der Waals surface area contributed by atoms with Crippen molar-refractivity contribution in [2.24, 2.45) is 0 Å². The van der Waals surface area contributed by atoms with Crippen molar-refractivity contribution in [3.63, 3.8) is 0 Å². The maximum absolute atomic E-state index is 12.0. The second-order valence-electron chi connectivity index (χ2n) is 5.19. The highest BCUT2D eigenvalue weighted by Crippen LogP contribution is 2.20. The third-order valence-electron chi connectivity index (χ3n) is 3.46. The molecule has 20 heavy (non-hydrogen) atoms. The molecule has 1 heterocycles. The van der Waals surface area contributed by atoms with Gasteiger partial charge in [0.25, 0.3) is 0 Å². The summed E-state index contributed by atoms with van der Waals surface area (Å²) >= 11 is 1.75. The van der Waals surface area contributed by atoms with Crippen LogP contribution in [-0.2, 0) is 4.79 Å². The Hall–Kier alpha value is -1.20. The summed E-state index contributed by atoms with van der Waals surface area (Å²) in [5, 5.41) is 6.14. The number of carbonyl (C=O) groups is 1. The van der Waals surface area contributed by atoms with E-state index in [0.29, 0.717) is 6.04 Å². The molecule has 1 aromatic carbocycles. The lowest BCUT2D eigenvalue weighted by Gasteiger charge is -2.27. The number of benzene rings is 1. The van der Waals surface area contributed by atoms with Gasteiger partial charge in [-0.2, -0.15) is 0 Å². The van der Waals surface area contributed by atoms with Gasteiger partial charge < -0.3 is 10.2 Å². The second kappa shape index (κ2) is 6.99. The molecule has 4 nitrogen and oxygen atoms in total. The van der Waals surface area contributed by atoms with Gasteiger partial charge in [0.05, 0.1) is 6.04 Å². The highest BCUT2D eigenvalue weighted by Gasteiger charge is 2.22. The van der Waals surface area contributed by atoms with Crippen LogP contribution in [0.1, 0.15) is 20.8 Å². The SMILES string of the molecule is CCN(c1ccc(NC(=O)C2CSCN2)cc1)C(C)C. The second-order valence-corrected chi connectivity index (χ2v) is 6.22. The molecular weight excluding hydrogens is 270 g/mol. The van der Waals surface area contributed by atoms with Crippen LogP contribution in [0.15, 0.2) is 24.3 Å². The number of anilines is 2. The summed E-state index contributed by atoms with van der Waals surface area (Å²) in [4.78, 5) is 14.3. The molecule has 0 spiro atoms. The molecule has 2 N–H and O–H groups in total. The summed E-state index contributed by atoms with van der Waals surface area (Å²) < 4.78 is 0. The molecule has 1 amide bonds. The molecule has 1 aliphatic heterocycles. The molecule has 0 aliphatic carbocycles. The summed E-state index contributed by atoms with van der Waals surface area (Å²) in [6, 6.07) is 8.48. The van der Waals surface area contributed by atoms with Gasteiger partial charge >= 0.3 is 0 Å². The standard InChI is InChI=1S/C15H23N3OS/c1-4-18(11(2)3)13-7-5-12(6-8-13)17-15(19)14-9-20-10-16-14/h5-8,11,14,16H,4,9-10H2,1-3H3,(H,17,19). The van der Waals surface area contributed by atoms with Gasteiger partial charge in [-0.15, -0.1) is 11.8 Å². The third kappa shape index (κ3) is 3.67. The Morgan fingerprint density at radius 3 is 2.65 bits per heavy atom. The average Bonchev–Trinajstić information content (AvgIpc) is 2.95. The lowest BCUT2D eigenvalue weighted by atomic mass is 10.2. The molecule has 0 saturated carbocycles. The number of carbonyl (C=O) groups excluding carboxylic acids is 1. The minimum atomic E-state index is -0.0671. The molecular formula is C15H23N3OS. The zero-order chi connectivity index (χ0) is 14.5. The van der Waals surface area contributed by atoms with Gasteiger partial charge in [-0.3, -0.25) is 10.1 Å². The molecule has 0 bridgehead atoms. The first-order valence-electron chi connectivity index (χ1n) is 7.10. The van der Waals surface area contributed by atoms with E-state index in [9.17, 15) is 4.79 Å². The van der Waals surface area contributed by atoms with Crippen molar-refractivity contribution in [1.82, 2.24) is 5.32 Å².